The van der Waals surface area contributed by atoms with Crippen molar-refractivity contribution in [1.29, 1.82) is 0 Å². The Labute approximate surface area is 302 Å². The molecule has 0 bridgehead atoms. The first kappa shape index (κ1) is 28.5. The average molecular weight is 659 g/mol. The summed E-state index contributed by atoms with van der Waals surface area (Å²) in [5, 5.41) is 19.0. The van der Waals surface area contributed by atoms with Crippen molar-refractivity contribution < 1.29 is 0 Å². The minimum absolute atomic E-state index is 1.28. The molecule has 0 spiro atoms. The summed E-state index contributed by atoms with van der Waals surface area (Å²) in [6.07, 6.45) is 0. The molecule has 0 unspecified atom stereocenters. The van der Waals surface area contributed by atoms with Crippen LogP contribution < -0.4 is 0 Å². The van der Waals surface area contributed by atoms with Crippen LogP contribution >= 0.6 is 0 Å². The normalized spacial score (nSPS) is 12.6. The van der Waals surface area contributed by atoms with Crippen LogP contribution in [0.1, 0.15) is 22.3 Å². The molecule has 0 aliphatic heterocycles. The van der Waals surface area contributed by atoms with Gasteiger partial charge in [-0.1, -0.05) is 127 Å². The highest BCUT2D eigenvalue weighted by Crippen LogP contribution is 2.52. The van der Waals surface area contributed by atoms with Crippen LogP contribution in [0.4, 0.5) is 0 Å². The molecule has 0 N–H and O–H groups in total. The molecule has 1 aliphatic rings. The van der Waals surface area contributed by atoms with Crippen molar-refractivity contribution in [1.82, 2.24) is 0 Å². The molecule has 0 heterocycles. The van der Waals surface area contributed by atoms with E-state index in [2.05, 4.69) is 161 Å². The minimum Gasteiger partial charge on any atom is -0.0610 e. The van der Waals surface area contributed by atoms with Crippen LogP contribution in [0.15, 0.2) is 133 Å². The van der Waals surface area contributed by atoms with Gasteiger partial charge in [0.25, 0.3) is 0 Å². The Balaban J connectivity index is 1.10. The summed E-state index contributed by atoms with van der Waals surface area (Å²) in [5.41, 5.74) is 15.9. The molecule has 11 aromatic rings. The minimum atomic E-state index is 1.28. The van der Waals surface area contributed by atoms with E-state index in [0.29, 0.717) is 0 Å². The zero-order valence-corrected chi connectivity index (χ0v) is 29.7. The predicted molar refractivity (Wildman–Crippen MR) is 226 cm³/mol. The van der Waals surface area contributed by atoms with Crippen molar-refractivity contribution in [2.75, 3.05) is 0 Å². The third-order valence-electron chi connectivity index (χ3n) is 12.6. The highest BCUT2D eigenvalue weighted by atomic mass is 14.3. The van der Waals surface area contributed by atoms with Crippen LogP contribution in [-0.2, 0) is 0 Å². The highest BCUT2D eigenvalue weighted by molar-refractivity contribution is 6.29. The Morgan fingerprint density at radius 2 is 0.750 bits per heavy atom. The number of benzene rings is 11. The fourth-order valence-electron chi connectivity index (χ4n) is 10.3. The van der Waals surface area contributed by atoms with Gasteiger partial charge in [-0.3, -0.25) is 0 Å². The number of fused-ring (bicyclic) bond motifs is 3. The molecule has 12 rings (SSSR count). The summed E-state index contributed by atoms with van der Waals surface area (Å²) in [6, 6.07) is 51.4. The number of hydrogen-bond donors (Lipinski definition) is 0. The van der Waals surface area contributed by atoms with E-state index in [0.717, 1.165) is 0 Å². The average Bonchev–Trinajstić information content (AvgIpc) is 3.49. The predicted octanol–water partition coefficient (Wildman–Crippen LogP) is 14.8. The maximum absolute atomic E-state index is 2.47. The van der Waals surface area contributed by atoms with Crippen LogP contribution in [0.5, 0.6) is 0 Å². The summed E-state index contributed by atoms with van der Waals surface area (Å²) in [7, 11) is 0. The van der Waals surface area contributed by atoms with Crippen molar-refractivity contribution in [2.45, 2.75) is 27.7 Å². The zero-order valence-electron chi connectivity index (χ0n) is 29.7. The van der Waals surface area contributed by atoms with Crippen molar-refractivity contribution in [3.05, 3.63) is 156 Å². The lowest BCUT2D eigenvalue weighted by atomic mass is 9.84. The summed E-state index contributed by atoms with van der Waals surface area (Å²) < 4.78 is 0. The van der Waals surface area contributed by atoms with E-state index in [4.69, 9.17) is 0 Å². The fourth-order valence-corrected chi connectivity index (χ4v) is 10.3. The lowest BCUT2D eigenvalue weighted by Gasteiger charge is -2.19. The van der Waals surface area contributed by atoms with Gasteiger partial charge in [-0.05, 0) is 176 Å². The summed E-state index contributed by atoms with van der Waals surface area (Å²) >= 11 is 0. The molecule has 0 saturated carbocycles. The second-order valence-corrected chi connectivity index (χ2v) is 15.4. The van der Waals surface area contributed by atoms with E-state index in [1.165, 1.54) is 142 Å². The standard InChI is InChI=1S/C52H34/c1-27-22-43(46-24-29(3)34-10-5-8-31-14-17-36(27)51(46)48(31)34)33-16-19-38-42-21-20-39(40-12-7-13-41(50(40)42)45(38)26-33)44-23-28(2)37-18-15-32-9-6-11-35-30(4)25-47(44)52(37)49(32)35/h5-26H,1-4H3. The first-order chi connectivity index (χ1) is 25.4. The Morgan fingerprint density at radius 3 is 1.42 bits per heavy atom. The van der Waals surface area contributed by atoms with Gasteiger partial charge >= 0.3 is 0 Å². The second kappa shape index (κ2) is 9.75. The molecule has 0 saturated heterocycles. The molecule has 242 valence electrons. The third kappa shape index (κ3) is 3.47. The van der Waals surface area contributed by atoms with Crippen LogP contribution in [0, 0.1) is 27.7 Å². The lowest BCUT2D eigenvalue weighted by Crippen LogP contribution is -1.92. The summed E-state index contributed by atoms with van der Waals surface area (Å²) in [4.78, 5) is 0. The van der Waals surface area contributed by atoms with Gasteiger partial charge in [0.15, 0.2) is 0 Å². The Morgan fingerprint density at radius 1 is 0.250 bits per heavy atom. The fraction of sp³-hybridized carbons (Fsp3) is 0.0769. The Kier molecular flexibility index (Phi) is 5.34. The van der Waals surface area contributed by atoms with Gasteiger partial charge in [0.2, 0.25) is 0 Å². The molecule has 52 heavy (non-hydrogen) atoms. The molecule has 0 atom stereocenters. The second-order valence-electron chi connectivity index (χ2n) is 15.4. The zero-order chi connectivity index (χ0) is 34.6. The molecular weight excluding hydrogens is 625 g/mol. The number of aryl methyl sites for hydroxylation is 4. The number of hydrogen-bond acceptors (Lipinski definition) is 0. The molecule has 1 aliphatic carbocycles. The van der Waals surface area contributed by atoms with E-state index in [1.54, 1.807) is 0 Å². The summed E-state index contributed by atoms with van der Waals surface area (Å²) in [5.74, 6) is 0. The Hall–Kier alpha value is -6.24. The quantitative estimate of drug-likeness (QED) is 0.162. The molecule has 0 fully saturated rings. The number of rotatable bonds is 2. The molecule has 0 aromatic heterocycles. The van der Waals surface area contributed by atoms with Crippen LogP contribution in [0.2, 0.25) is 0 Å². The van der Waals surface area contributed by atoms with Crippen LogP contribution in [0.25, 0.3) is 120 Å². The molecule has 0 radical (unpaired) electrons. The maximum Gasteiger partial charge on any atom is -0.00177 e. The Bertz CT molecular complexity index is 3370. The van der Waals surface area contributed by atoms with Crippen molar-refractivity contribution in [3.63, 3.8) is 0 Å². The first-order valence-electron chi connectivity index (χ1n) is 18.5. The monoisotopic (exact) mass is 658 g/mol. The molecule has 0 amide bonds. The smallest absolute Gasteiger partial charge is 0.00177 e. The van der Waals surface area contributed by atoms with Gasteiger partial charge in [-0.15, -0.1) is 0 Å². The van der Waals surface area contributed by atoms with Crippen molar-refractivity contribution in [2.24, 2.45) is 0 Å². The van der Waals surface area contributed by atoms with Gasteiger partial charge in [0.05, 0.1) is 0 Å². The SMILES string of the molecule is Cc1cc2c(-c3ccc4c(c3)-c3cccc5c(-c6cc(C)c7ccc8cccc9c(C)cc6c7c89)ccc-4c35)cc(C)c3ccc4cccc1c4c32. The van der Waals surface area contributed by atoms with Gasteiger partial charge in [-0.25, -0.2) is 0 Å². The lowest BCUT2D eigenvalue weighted by molar-refractivity contribution is 1.52. The third-order valence-corrected chi connectivity index (χ3v) is 12.6. The highest BCUT2D eigenvalue weighted by Gasteiger charge is 2.25. The van der Waals surface area contributed by atoms with E-state index < -0.39 is 0 Å². The first-order valence-corrected chi connectivity index (χ1v) is 18.5. The van der Waals surface area contributed by atoms with Gasteiger partial charge in [-0.2, -0.15) is 0 Å². The van der Waals surface area contributed by atoms with Crippen molar-refractivity contribution >= 4 is 75.4 Å². The van der Waals surface area contributed by atoms with Gasteiger partial charge in [0.1, 0.15) is 0 Å². The van der Waals surface area contributed by atoms with Crippen molar-refractivity contribution in [3.8, 4) is 44.5 Å². The molecular formula is C52H34. The van der Waals surface area contributed by atoms with Gasteiger partial charge in [0, 0.05) is 0 Å². The topological polar surface area (TPSA) is 0 Å². The van der Waals surface area contributed by atoms with E-state index >= 15 is 0 Å². The summed E-state index contributed by atoms with van der Waals surface area (Å²) in [6.45, 7) is 9.09. The van der Waals surface area contributed by atoms with Gasteiger partial charge < -0.3 is 0 Å². The van der Waals surface area contributed by atoms with Crippen LogP contribution in [0.3, 0.4) is 0 Å². The van der Waals surface area contributed by atoms with E-state index in [1.807, 2.05) is 0 Å². The molecule has 11 aromatic carbocycles. The van der Waals surface area contributed by atoms with Crippen LogP contribution in [-0.4, -0.2) is 0 Å². The largest absolute Gasteiger partial charge is 0.0610 e. The maximum atomic E-state index is 2.47. The molecule has 0 nitrogen and oxygen atoms in total. The van der Waals surface area contributed by atoms with E-state index in [-0.39, 0.29) is 0 Å². The van der Waals surface area contributed by atoms with E-state index in [9.17, 15) is 0 Å². The molecule has 0 heteroatoms.